The molecule has 2 heterocycles. The summed E-state index contributed by atoms with van der Waals surface area (Å²) in [6.07, 6.45) is 0.862. The lowest BCUT2D eigenvalue weighted by Gasteiger charge is -2.32. The van der Waals surface area contributed by atoms with Crippen LogP contribution in [0.3, 0.4) is 0 Å². The lowest BCUT2D eigenvalue weighted by atomic mass is 9.99. The molecule has 29 heavy (non-hydrogen) atoms. The summed E-state index contributed by atoms with van der Waals surface area (Å²) in [7, 11) is 1.54. The van der Waals surface area contributed by atoms with Gasteiger partial charge in [0.25, 0.3) is 0 Å². The first-order chi connectivity index (χ1) is 14.0. The number of rotatable bonds is 7. The number of benzene rings is 1. The standard InChI is InChI=1S/C19H26N4O4S2/c1-20-19(21-7-8-22-29(24,25)18-5-4-10-28-18)23-9-6-14-11-16(26-2)17(27-3)12-15(14)13-23/h4-5,10-12,22H,6-9,13H2,1-3H3,(H,20,21). The van der Waals surface area contributed by atoms with E-state index < -0.39 is 10.0 Å². The van der Waals surface area contributed by atoms with Gasteiger partial charge in [0.2, 0.25) is 10.0 Å². The average Bonchev–Trinajstić information content (AvgIpc) is 3.28. The van der Waals surface area contributed by atoms with Crippen LogP contribution in [0.5, 0.6) is 11.5 Å². The second-order valence-electron chi connectivity index (χ2n) is 6.45. The number of methoxy groups -OCH3 is 2. The molecule has 0 saturated heterocycles. The summed E-state index contributed by atoms with van der Waals surface area (Å²) >= 11 is 1.20. The van der Waals surface area contributed by atoms with Crippen LogP contribution in [0.15, 0.2) is 38.8 Å². The van der Waals surface area contributed by atoms with Crippen LogP contribution in [-0.2, 0) is 23.0 Å². The Bertz CT molecular complexity index is 959. The predicted molar refractivity (Wildman–Crippen MR) is 115 cm³/mol. The minimum atomic E-state index is -3.45. The molecule has 158 valence electrons. The van der Waals surface area contributed by atoms with E-state index in [2.05, 4.69) is 19.9 Å². The van der Waals surface area contributed by atoms with Gasteiger partial charge >= 0.3 is 0 Å². The number of ether oxygens (including phenoxy) is 2. The zero-order valence-electron chi connectivity index (χ0n) is 16.8. The van der Waals surface area contributed by atoms with Gasteiger partial charge in [0, 0.05) is 33.2 Å². The Balaban J connectivity index is 1.57. The molecule has 1 aliphatic heterocycles. The maximum Gasteiger partial charge on any atom is 0.250 e. The number of sulfonamides is 1. The minimum absolute atomic E-state index is 0.273. The number of nitrogens with one attached hydrogen (secondary N) is 2. The highest BCUT2D eigenvalue weighted by Crippen LogP contribution is 2.33. The largest absolute Gasteiger partial charge is 0.493 e. The summed E-state index contributed by atoms with van der Waals surface area (Å²) in [5.74, 6) is 2.18. The molecular weight excluding hydrogens is 412 g/mol. The summed E-state index contributed by atoms with van der Waals surface area (Å²) in [4.78, 5) is 6.49. The zero-order chi connectivity index (χ0) is 20.9. The number of fused-ring (bicyclic) bond motifs is 1. The van der Waals surface area contributed by atoms with Gasteiger partial charge in [-0.3, -0.25) is 4.99 Å². The van der Waals surface area contributed by atoms with Crippen molar-refractivity contribution >= 4 is 27.3 Å². The number of hydrogen-bond acceptors (Lipinski definition) is 6. The summed E-state index contributed by atoms with van der Waals surface area (Å²) in [5, 5.41) is 4.98. The maximum absolute atomic E-state index is 12.2. The molecule has 2 aromatic rings. The quantitative estimate of drug-likeness (QED) is 0.388. The van der Waals surface area contributed by atoms with E-state index in [-0.39, 0.29) is 6.54 Å². The lowest BCUT2D eigenvalue weighted by Crippen LogP contribution is -2.46. The lowest BCUT2D eigenvalue weighted by molar-refractivity contribution is 0.346. The molecule has 2 N–H and O–H groups in total. The highest BCUT2D eigenvalue weighted by atomic mass is 32.2. The van der Waals surface area contributed by atoms with Gasteiger partial charge in [-0.15, -0.1) is 11.3 Å². The summed E-state index contributed by atoms with van der Waals surface area (Å²) in [6.45, 7) is 2.21. The molecule has 8 nitrogen and oxygen atoms in total. The van der Waals surface area contributed by atoms with Crippen molar-refractivity contribution in [3.63, 3.8) is 0 Å². The van der Waals surface area contributed by atoms with Crippen LogP contribution in [0.25, 0.3) is 0 Å². The van der Waals surface area contributed by atoms with E-state index in [1.807, 2.05) is 12.1 Å². The topological polar surface area (TPSA) is 92.3 Å². The SMILES string of the molecule is CN=C(NCCNS(=O)(=O)c1cccs1)N1CCc2cc(OC)c(OC)cc2C1. The minimum Gasteiger partial charge on any atom is -0.493 e. The van der Waals surface area contributed by atoms with Crippen molar-refractivity contribution in [1.82, 2.24) is 14.9 Å². The first-order valence-corrected chi connectivity index (χ1v) is 11.6. The van der Waals surface area contributed by atoms with Gasteiger partial charge in [0.15, 0.2) is 17.5 Å². The fourth-order valence-corrected chi connectivity index (χ4v) is 5.31. The number of thiophene rings is 1. The van der Waals surface area contributed by atoms with E-state index in [9.17, 15) is 8.42 Å². The van der Waals surface area contributed by atoms with Gasteiger partial charge in [-0.05, 0) is 41.1 Å². The van der Waals surface area contributed by atoms with Crippen molar-refractivity contribution in [3.8, 4) is 11.5 Å². The van der Waals surface area contributed by atoms with Gasteiger partial charge in [0.1, 0.15) is 4.21 Å². The highest BCUT2D eigenvalue weighted by molar-refractivity contribution is 7.91. The number of nitrogens with zero attached hydrogens (tertiary/aromatic N) is 2. The Labute approximate surface area is 175 Å². The fourth-order valence-electron chi connectivity index (χ4n) is 3.24. The Morgan fingerprint density at radius 2 is 1.93 bits per heavy atom. The molecule has 0 atom stereocenters. The van der Waals surface area contributed by atoms with Crippen molar-refractivity contribution < 1.29 is 17.9 Å². The molecule has 1 aliphatic rings. The molecule has 0 radical (unpaired) electrons. The summed E-state index contributed by atoms with van der Waals surface area (Å²) in [5.41, 5.74) is 2.40. The van der Waals surface area contributed by atoms with E-state index in [0.29, 0.717) is 23.0 Å². The Morgan fingerprint density at radius 1 is 1.21 bits per heavy atom. The van der Waals surface area contributed by atoms with E-state index in [4.69, 9.17) is 9.47 Å². The third kappa shape index (κ3) is 5.01. The molecule has 10 heteroatoms. The van der Waals surface area contributed by atoms with E-state index >= 15 is 0 Å². The van der Waals surface area contributed by atoms with Crippen molar-refractivity contribution in [1.29, 1.82) is 0 Å². The van der Waals surface area contributed by atoms with Gasteiger partial charge in [-0.2, -0.15) is 0 Å². The van der Waals surface area contributed by atoms with Crippen LogP contribution in [0.4, 0.5) is 0 Å². The Hall–Kier alpha value is -2.30. The fraction of sp³-hybridized carbons (Fsp3) is 0.421. The third-order valence-electron chi connectivity index (χ3n) is 4.69. The van der Waals surface area contributed by atoms with Crippen molar-refractivity contribution in [2.45, 2.75) is 17.2 Å². The first-order valence-electron chi connectivity index (χ1n) is 9.21. The zero-order valence-corrected chi connectivity index (χ0v) is 18.4. The summed E-state index contributed by atoms with van der Waals surface area (Å²) in [6, 6.07) is 7.34. The monoisotopic (exact) mass is 438 g/mol. The van der Waals surface area contributed by atoms with E-state index in [1.165, 1.54) is 16.9 Å². The molecule has 0 aliphatic carbocycles. The van der Waals surface area contributed by atoms with Gasteiger partial charge in [-0.1, -0.05) is 6.07 Å². The normalized spacial score (nSPS) is 14.4. The van der Waals surface area contributed by atoms with Crippen molar-refractivity contribution in [2.24, 2.45) is 4.99 Å². The molecule has 0 bridgehead atoms. The number of aliphatic imine (C=N–C) groups is 1. The van der Waals surface area contributed by atoms with Gasteiger partial charge in [-0.25, -0.2) is 13.1 Å². The van der Waals surface area contributed by atoms with Crippen LogP contribution < -0.4 is 19.5 Å². The molecule has 0 amide bonds. The molecule has 0 fully saturated rings. The molecular formula is C19H26N4O4S2. The van der Waals surface area contributed by atoms with Crippen LogP contribution in [0, 0.1) is 0 Å². The maximum atomic E-state index is 12.2. The van der Waals surface area contributed by atoms with Crippen molar-refractivity contribution in [2.75, 3.05) is 40.9 Å². The Kier molecular flexibility index (Phi) is 6.99. The second-order valence-corrected chi connectivity index (χ2v) is 9.39. The predicted octanol–water partition coefficient (Wildman–Crippen LogP) is 1.68. The highest BCUT2D eigenvalue weighted by Gasteiger charge is 2.22. The van der Waals surface area contributed by atoms with Crippen LogP contribution in [0.2, 0.25) is 0 Å². The third-order valence-corrected chi connectivity index (χ3v) is 7.55. The van der Waals surface area contributed by atoms with E-state index in [1.54, 1.807) is 38.8 Å². The smallest absolute Gasteiger partial charge is 0.250 e. The van der Waals surface area contributed by atoms with Gasteiger partial charge in [0.05, 0.1) is 14.2 Å². The van der Waals surface area contributed by atoms with Crippen LogP contribution in [0.1, 0.15) is 11.1 Å². The molecule has 1 aromatic carbocycles. The van der Waals surface area contributed by atoms with Gasteiger partial charge < -0.3 is 19.7 Å². The average molecular weight is 439 g/mol. The molecule has 0 saturated carbocycles. The summed E-state index contributed by atoms with van der Waals surface area (Å²) < 4.78 is 38.1. The Morgan fingerprint density at radius 3 is 2.55 bits per heavy atom. The number of hydrogen-bond donors (Lipinski definition) is 2. The molecule has 3 rings (SSSR count). The van der Waals surface area contributed by atoms with Crippen LogP contribution >= 0.6 is 11.3 Å². The van der Waals surface area contributed by atoms with Crippen LogP contribution in [-0.4, -0.2) is 60.2 Å². The molecule has 1 aromatic heterocycles. The first kappa shape index (κ1) is 21.4. The molecule has 0 unspecified atom stereocenters. The number of guanidine groups is 1. The second kappa shape index (κ2) is 9.47. The molecule has 0 spiro atoms. The van der Waals surface area contributed by atoms with E-state index in [0.717, 1.165) is 30.2 Å². The van der Waals surface area contributed by atoms with Crippen molar-refractivity contribution in [3.05, 3.63) is 40.8 Å².